The first-order chi connectivity index (χ1) is 13.8. The van der Waals surface area contributed by atoms with Gasteiger partial charge in [-0.2, -0.15) is 0 Å². The van der Waals surface area contributed by atoms with E-state index in [1.54, 1.807) is 31.2 Å². The first-order valence-electron chi connectivity index (χ1n) is 8.31. The highest BCUT2D eigenvalue weighted by molar-refractivity contribution is 14.1. The standard InChI is InChI=1S/C18H17IN4O4S2/c1-11-21-22-18(28-11)23-29(25,26)16-5-3-15(4-6-16)20-10-12-7-13(17(24)27-2)9-14(19)8-12/h3-9,20H,10H2,1-2H3,(H,22,23). The van der Waals surface area contributed by atoms with Crippen molar-refractivity contribution in [2.45, 2.75) is 18.4 Å². The summed E-state index contributed by atoms with van der Waals surface area (Å²) in [4.78, 5) is 11.9. The summed E-state index contributed by atoms with van der Waals surface area (Å²) in [5.41, 5.74) is 2.13. The maximum atomic E-state index is 12.4. The van der Waals surface area contributed by atoms with E-state index in [0.29, 0.717) is 17.1 Å². The maximum Gasteiger partial charge on any atom is 0.337 e. The molecule has 0 aliphatic rings. The molecule has 8 nitrogen and oxygen atoms in total. The molecule has 2 N–H and O–H groups in total. The number of sulfonamides is 1. The number of esters is 1. The topological polar surface area (TPSA) is 110 Å². The second-order valence-corrected chi connectivity index (χ2v) is 10.1. The molecule has 11 heteroatoms. The van der Waals surface area contributed by atoms with E-state index in [1.807, 2.05) is 6.07 Å². The van der Waals surface area contributed by atoms with Crippen molar-refractivity contribution in [1.82, 2.24) is 10.2 Å². The van der Waals surface area contributed by atoms with E-state index in [9.17, 15) is 13.2 Å². The predicted octanol–water partition coefficient (Wildman–Crippen LogP) is 3.65. The minimum Gasteiger partial charge on any atom is -0.465 e. The third-order valence-electron chi connectivity index (χ3n) is 3.79. The van der Waals surface area contributed by atoms with Crippen molar-refractivity contribution in [2.75, 3.05) is 17.1 Å². The number of aromatic nitrogens is 2. The van der Waals surface area contributed by atoms with E-state index in [1.165, 1.54) is 30.6 Å². The van der Waals surface area contributed by atoms with Gasteiger partial charge in [0, 0.05) is 15.8 Å². The second-order valence-electron chi connectivity index (χ2n) is 5.95. The van der Waals surface area contributed by atoms with Crippen molar-refractivity contribution in [3.05, 3.63) is 62.2 Å². The van der Waals surface area contributed by atoms with Crippen LogP contribution in [0.3, 0.4) is 0 Å². The zero-order chi connectivity index (χ0) is 21.0. The molecule has 0 amide bonds. The number of aryl methyl sites for hydroxylation is 1. The summed E-state index contributed by atoms with van der Waals surface area (Å²) in [6, 6.07) is 11.8. The minimum atomic E-state index is -3.73. The summed E-state index contributed by atoms with van der Waals surface area (Å²) in [5, 5.41) is 11.7. The minimum absolute atomic E-state index is 0.123. The van der Waals surface area contributed by atoms with Crippen molar-refractivity contribution in [3.63, 3.8) is 0 Å². The molecule has 0 saturated heterocycles. The van der Waals surface area contributed by atoms with E-state index < -0.39 is 16.0 Å². The number of halogens is 1. The number of carbonyl (C=O) groups excluding carboxylic acids is 1. The number of hydrogen-bond donors (Lipinski definition) is 2. The van der Waals surface area contributed by atoms with E-state index in [0.717, 1.165) is 14.8 Å². The SMILES string of the molecule is COC(=O)c1cc(I)cc(CNc2ccc(S(=O)(=O)Nc3nnc(C)s3)cc2)c1. The molecule has 0 aliphatic carbocycles. The van der Waals surface area contributed by atoms with Gasteiger partial charge < -0.3 is 10.1 Å². The summed E-state index contributed by atoms with van der Waals surface area (Å²) in [7, 11) is -2.39. The lowest BCUT2D eigenvalue weighted by Crippen LogP contribution is -2.12. The zero-order valence-electron chi connectivity index (χ0n) is 15.5. The van der Waals surface area contributed by atoms with Gasteiger partial charge in [0.1, 0.15) is 5.01 Å². The molecular formula is C18H17IN4O4S2. The highest BCUT2D eigenvalue weighted by Gasteiger charge is 2.16. The van der Waals surface area contributed by atoms with Crippen LogP contribution in [0.1, 0.15) is 20.9 Å². The van der Waals surface area contributed by atoms with Crippen LogP contribution in [-0.4, -0.2) is 31.7 Å². The summed E-state index contributed by atoms with van der Waals surface area (Å²) >= 11 is 3.31. The monoisotopic (exact) mass is 544 g/mol. The van der Waals surface area contributed by atoms with Crippen molar-refractivity contribution in [1.29, 1.82) is 0 Å². The molecule has 3 rings (SSSR count). The van der Waals surface area contributed by atoms with E-state index >= 15 is 0 Å². The Morgan fingerprint density at radius 1 is 1.17 bits per heavy atom. The van der Waals surface area contributed by atoms with Crippen LogP contribution in [0, 0.1) is 10.5 Å². The van der Waals surface area contributed by atoms with Crippen LogP contribution >= 0.6 is 33.9 Å². The third kappa shape index (κ3) is 5.64. The van der Waals surface area contributed by atoms with Crippen LogP contribution in [0.2, 0.25) is 0 Å². The highest BCUT2D eigenvalue weighted by Crippen LogP contribution is 2.21. The molecule has 29 heavy (non-hydrogen) atoms. The molecule has 2 aromatic carbocycles. The molecule has 0 bridgehead atoms. The first-order valence-corrected chi connectivity index (χ1v) is 11.7. The number of rotatable bonds is 7. The Kier molecular flexibility index (Phi) is 6.70. The van der Waals surface area contributed by atoms with Crippen molar-refractivity contribution < 1.29 is 17.9 Å². The fourth-order valence-electron chi connectivity index (χ4n) is 2.46. The van der Waals surface area contributed by atoms with Gasteiger partial charge in [-0.25, -0.2) is 13.2 Å². The number of methoxy groups -OCH3 is 1. The lowest BCUT2D eigenvalue weighted by molar-refractivity contribution is 0.0600. The molecule has 0 saturated carbocycles. The van der Waals surface area contributed by atoms with E-state index in [2.05, 4.69) is 42.8 Å². The average Bonchev–Trinajstić information content (AvgIpc) is 3.09. The number of benzene rings is 2. The van der Waals surface area contributed by atoms with Crippen molar-refractivity contribution in [2.24, 2.45) is 0 Å². The van der Waals surface area contributed by atoms with Crippen molar-refractivity contribution >= 4 is 60.7 Å². The summed E-state index contributed by atoms with van der Waals surface area (Å²) in [6.45, 7) is 2.22. The van der Waals surface area contributed by atoms with Crippen LogP contribution in [0.5, 0.6) is 0 Å². The number of nitrogens with zero attached hydrogens (tertiary/aromatic N) is 2. The molecule has 3 aromatic rings. The summed E-state index contributed by atoms with van der Waals surface area (Å²) in [6.07, 6.45) is 0. The second kappa shape index (κ2) is 9.05. The number of ether oxygens (including phenoxy) is 1. The fourth-order valence-corrected chi connectivity index (χ4v) is 5.01. The molecule has 0 radical (unpaired) electrons. The normalized spacial score (nSPS) is 11.1. The Morgan fingerprint density at radius 3 is 2.52 bits per heavy atom. The number of hydrogen-bond acceptors (Lipinski definition) is 8. The van der Waals surface area contributed by atoms with Gasteiger partial charge in [0.25, 0.3) is 10.0 Å². The van der Waals surface area contributed by atoms with Gasteiger partial charge in [0.05, 0.1) is 17.6 Å². The molecule has 1 heterocycles. The van der Waals surface area contributed by atoms with E-state index in [4.69, 9.17) is 4.74 Å². The molecule has 152 valence electrons. The predicted molar refractivity (Wildman–Crippen MR) is 120 cm³/mol. The molecular weight excluding hydrogens is 527 g/mol. The van der Waals surface area contributed by atoms with Gasteiger partial charge in [-0.3, -0.25) is 4.72 Å². The average molecular weight is 544 g/mol. The van der Waals surface area contributed by atoms with Gasteiger partial charge >= 0.3 is 5.97 Å². The quantitative estimate of drug-likeness (QED) is 0.345. The number of nitrogens with one attached hydrogen (secondary N) is 2. The summed E-state index contributed by atoms with van der Waals surface area (Å²) in [5.74, 6) is -0.391. The largest absolute Gasteiger partial charge is 0.465 e. The van der Waals surface area contributed by atoms with E-state index in [-0.39, 0.29) is 10.0 Å². The maximum absolute atomic E-state index is 12.4. The van der Waals surface area contributed by atoms with Crippen molar-refractivity contribution in [3.8, 4) is 0 Å². The molecule has 0 spiro atoms. The van der Waals surface area contributed by atoms with Gasteiger partial charge in [-0.15, -0.1) is 10.2 Å². The number of anilines is 2. The van der Waals surface area contributed by atoms with Crippen LogP contribution in [-0.2, 0) is 21.3 Å². The van der Waals surface area contributed by atoms with Gasteiger partial charge in [-0.05, 0) is 77.5 Å². The van der Waals surface area contributed by atoms with Gasteiger partial charge in [0.2, 0.25) is 5.13 Å². The van der Waals surface area contributed by atoms with Gasteiger partial charge in [0.15, 0.2) is 0 Å². The Bertz CT molecular complexity index is 1130. The Hall–Kier alpha value is -2.25. The first kappa shape index (κ1) is 21.5. The molecule has 1 aromatic heterocycles. The van der Waals surface area contributed by atoms with Gasteiger partial charge in [-0.1, -0.05) is 11.3 Å². The molecule has 0 fully saturated rings. The third-order valence-corrected chi connectivity index (χ3v) is 6.65. The molecule has 0 atom stereocenters. The lowest BCUT2D eigenvalue weighted by atomic mass is 10.1. The van der Waals surface area contributed by atoms with Crippen LogP contribution < -0.4 is 10.0 Å². The van der Waals surface area contributed by atoms with Crippen LogP contribution in [0.15, 0.2) is 47.4 Å². The lowest BCUT2D eigenvalue weighted by Gasteiger charge is -2.10. The summed E-state index contributed by atoms with van der Waals surface area (Å²) < 4.78 is 33.0. The Morgan fingerprint density at radius 2 is 1.90 bits per heavy atom. The highest BCUT2D eigenvalue weighted by atomic mass is 127. The Labute approximate surface area is 185 Å². The Balaban J connectivity index is 1.68. The molecule has 0 unspecified atom stereocenters. The fraction of sp³-hybridized carbons (Fsp3) is 0.167. The smallest absolute Gasteiger partial charge is 0.337 e. The van der Waals surface area contributed by atoms with Crippen LogP contribution in [0.4, 0.5) is 10.8 Å². The zero-order valence-corrected chi connectivity index (χ0v) is 19.3. The molecule has 0 aliphatic heterocycles. The number of carbonyl (C=O) groups is 1. The van der Waals surface area contributed by atoms with Crippen LogP contribution in [0.25, 0.3) is 0 Å².